The Morgan fingerprint density at radius 2 is 2.12 bits per heavy atom. The molecule has 1 unspecified atom stereocenters. The van der Waals surface area contributed by atoms with E-state index in [9.17, 15) is 9.59 Å². The van der Waals surface area contributed by atoms with Gasteiger partial charge in [0, 0.05) is 36.6 Å². The van der Waals surface area contributed by atoms with Crippen LogP contribution in [0.25, 0.3) is 0 Å². The zero-order chi connectivity index (χ0) is 18.5. The lowest BCUT2D eigenvalue weighted by atomic mass is 9.99. The van der Waals surface area contributed by atoms with Crippen LogP contribution in [-0.2, 0) is 0 Å². The van der Waals surface area contributed by atoms with E-state index in [4.69, 9.17) is 4.74 Å². The molecule has 1 aliphatic heterocycles. The number of rotatable bonds is 4. The number of carbonyl (C=O) groups excluding carboxylic acids is 2. The quantitative estimate of drug-likeness (QED) is 0.916. The standard InChI is InChI=1S/C20H23N3O3/c1-14-5-4-10-23(13-14)20(25)15-8-9-21-18(11-15)19(24)22-16-6-3-7-17(12-16)26-2/h3,6-9,11-12,14H,4-5,10,13H2,1-2H3,(H,22,24). The minimum absolute atomic E-state index is 0.0469. The number of ether oxygens (including phenoxy) is 1. The van der Waals surface area contributed by atoms with Crippen molar-refractivity contribution in [2.24, 2.45) is 5.92 Å². The summed E-state index contributed by atoms with van der Waals surface area (Å²) in [4.78, 5) is 31.2. The van der Waals surface area contributed by atoms with Crippen molar-refractivity contribution in [1.29, 1.82) is 0 Å². The van der Waals surface area contributed by atoms with Crippen molar-refractivity contribution in [3.05, 3.63) is 53.9 Å². The van der Waals surface area contributed by atoms with Crippen LogP contribution in [0.2, 0.25) is 0 Å². The molecule has 1 aromatic carbocycles. The van der Waals surface area contributed by atoms with Gasteiger partial charge in [0.05, 0.1) is 7.11 Å². The van der Waals surface area contributed by atoms with Gasteiger partial charge >= 0.3 is 0 Å². The summed E-state index contributed by atoms with van der Waals surface area (Å²) in [6.45, 7) is 3.67. The molecule has 0 saturated carbocycles. The maximum Gasteiger partial charge on any atom is 0.274 e. The Labute approximate surface area is 153 Å². The summed E-state index contributed by atoms with van der Waals surface area (Å²) >= 11 is 0. The summed E-state index contributed by atoms with van der Waals surface area (Å²) in [5.41, 5.74) is 1.31. The number of pyridine rings is 1. The number of amides is 2. The lowest BCUT2D eigenvalue weighted by Gasteiger charge is -2.31. The summed E-state index contributed by atoms with van der Waals surface area (Å²) in [6.07, 6.45) is 3.66. The molecule has 1 N–H and O–H groups in total. The number of nitrogens with zero attached hydrogens (tertiary/aromatic N) is 2. The van der Waals surface area contributed by atoms with E-state index in [2.05, 4.69) is 17.2 Å². The SMILES string of the molecule is COc1cccc(NC(=O)c2cc(C(=O)N3CCCC(C)C3)ccn2)c1. The molecule has 136 valence electrons. The third-order valence-electron chi connectivity index (χ3n) is 4.51. The fraction of sp³-hybridized carbons (Fsp3) is 0.350. The Morgan fingerprint density at radius 3 is 2.88 bits per heavy atom. The molecule has 6 nitrogen and oxygen atoms in total. The van der Waals surface area contributed by atoms with Gasteiger partial charge in [0.1, 0.15) is 11.4 Å². The lowest BCUT2D eigenvalue weighted by molar-refractivity contribution is 0.0683. The molecule has 26 heavy (non-hydrogen) atoms. The van der Waals surface area contributed by atoms with Crippen LogP contribution in [-0.4, -0.2) is 41.9 Å². The number of carbonyl (C=O) groups is 2. The number of methoxy groups -OCH3 is 1. The van der Waals surface area contributed by atoms with E-state index in [0.717, 1.165) is 25.9 Å². The molecule has 0 bridgehead atoms. The van der Waals surface area contributed by atoms with Gasteiger partial charge in [-0.05, 0) is 43.0 Å². The molecular formula is C20H23N3O3. The first-order valence-electron chi connectivity index (χ1n) is 8.77. The van der Waals surface area contributed by atoms with Crippen molar-refractivity contribution in [2.75, 3.05) is 25.5 Å². The van der Waals surface area contributed by atoms with E-state index in [1.165, 1.54) is 6.20 Å². The molecule has 3 rings (SSSR count). The fourth-order valence-electron chi connectivity index (χ4n) is 3.14. The highest BCUT2D eigenvalue weighted by Gasteiger charge is 2.23. The summed E-state index contributed by atoms with van der Waals surface area (Å²) < 4.78 is 5.15. The van der Waals surface area contributed by atoms with Gasteiger partial charge in [-0.25, -0.2) is 0 Å². The molecule has 1 atom stereocenters. The molecule has 0 aliphatic carbocycles. The highest BCUT2D eigenvalue weighted by molar-refractivity contribution is 6.04. The maximum absolute atomic E-state index is 12.7. The largest absolute Gasteiger partial charge is 0.497 e. The van der Waals surface area contributed by atoms with Crippen LogP contribution in [0.1, 0.15) is 40.6 Å². The first-order valence-corrected chi connectivity index (χ1v) is 8.77. The lowest BCUT2D eigenvalue weighted by Crippen LogP contribution is -2.39. The van der Waals surface area contributed by atoms with Crippen LogP contribution in [0.4, 0.5) is 5.69 Å². The molecule has 2 heterocycles. The molecule has 6 heteroatoms. The van der Waals surface area contributed by atoms with E-state index in [0.29, 0.717) is 22.9 Å². The van der Waals surface area contributed by atoms with Gasteiger partial charge in [-0.15, -0.1) is 0 Å². The second kappa shape index (κ2) is 7.99. The average molecular weight is 353 g/mol. The highest BCUT2D eigenvalue weighted by Crippen LogP contribution is 2.19. The second-order valence-electron chi connectivity index (χ2n) is 6.61. The predicted molar refractivity (Wildman–Crippen MR) is 99.5 cm³/mol. The predicted octanol–water partition coefficient (Wildman–Crippen LogP) is 3.21. The van der Waals surface area contributed by atoms with Crippen LogP contribution >= 0.6 is 0 Å². The maximum atomic E-state index is 12.7. The normalized spacial score (nSPS) is 16.8. The van der Waals surface area contributed by atoms with E-state index in [1.54, 1.807) is 43.5 Å². The third-order valence-corrected chi connectivity index (χ3v) is 4.51. The molecule has 0 spiro atoms. The van der Waals surface area contributed by atoms with Crippen LogP contribution < -0.4 is 10.1 Å². The molecule has 2 aromatic rings. The van der Waals surface area contributed by atoms with Gasteiger partial charge in [-0.1, -0.05) is 13.0 Å². The first-order chi connectivity index (χ1) is 12.6. The van der Waals surface area contributed by atoms with Gasteiger partial charge in [-0.3, -0.25) is 14.6 Å². The summed E-state index contributed by atoms with van der Waals surface area (Å²) in [6, 6.07) is 10.3. The van der Waals surface area contributed by atoms with Crippen molar-refractivity contribution in [1.82, 2.24) is 9.88 Å². The van der Waals surface area contributed by atoms with Gasteiger partial charge < -0.3 is 15.0 Å². The van der Waals surface area contributed by atoms with Crippen molar-refractivity contribution in [2.45, 2.75) is 19.8 Å². The molecule has 1 aromatic heterocycles. The molecular weight excluding hydrogens is 330 g/mol. The number of piperidine rings is 1. The van der Waals surface area contributed by atoms with Crippen molar-refractivity contribution in [3.63, 3.8) is 0 Å². The number of anilines is 1. The Kier molecular flexibility index (Phi) is 5.51. The Hall–Kier alpha value is -2.89. The molecule has 1 aliphatic rings. The average Bonchev–Trinajstić information content (AvgIpc) is 2.67. The number of benzene rings is 1. The topological polar surface area (TPSA) is 71.5 Å². The van der Waals surface area contributed by atoms with Gasteiger partial charge in [-0.2, -0.15) is 0 Å². The van der Waals surface area contributed by atoms with Gasteiger partial charge in [0.15, 0.2) is 0 Å². The summed E-state index contributed by atoms with van der Waals surface area (Å²) in [5.74, 6) is 0.749. The van der Waals surface area contributed by atoms with Gasteiger partial charge in [0.2, 0.25) is 0 Å². The summed E-state index contributed by atoms with van der Waals surface area (Å²) in [5, 5.41) is 2.78. The van der Waals surface area contributed by atoms with E-state index >= 15 is 0 Å². The molecule has 0 radical (unpaired) electrons. The fourth-order valence-corrected chi connectivity index (χ4v) is 3.14. The van der Waals surface area contributed by atoms with Gasteiger partial charge in [0.25, 0.3) is 11.8 Å². The van der Waals surface area contributed by atoms with Crippen molar-refractivity contribution in [3.8, 4) is 5.75 Å². The van der Waals surface area contributed by atoms with Crippen molar-refractivity contribution >= 4 is 17.5 Å². The van der Waals surface area contributed by atoms with Crippen molar-refractivity contribution < 1.29 is 14.3 Å². The number of hydrogen-bond acceptors (Lipinski definition) is 4. The molecule has 2 amide bonds. The molecule has 1 saturated heterocycles. The van der Waals surface area contributed by atoms with E-state index in [1.807, 2.05) is 4.90 Å². The van der Waals surface area contributed by atoms with E-state index in [-0.39, 0.29) is 17.5 Å². The van der Waals surface area contributed by atoms with E-state index < -0.39 is 0 Å². The van der Waals surface area contributed by atoms with Crippen LogP contribution in [0.5, 0.6) is 5.75 Å². The number of likely N-dealkylation sites (tertiary alicyclic amines) is 1. The zero-order valence-corrected chi connectivity index (χ0v) is 15.1. The second-order valence-corrected chi connectivity index (χ2v) is 6.61. The summed E-state index contributed by atoms with van der Waals surface area (Å²) in [7, 11) is 1.57. The molecule has 1 fully saturated rings. The number of aromatic nitrogens is 1. The minimum Gasteiger partial charge on any atom is -0.497 e. The smallest absolute Gasteiger partial charge is 0.274 e. The Balaban J connectivity index is 1.73. The first kappa shape index (κ1) is 17.9. The van der Waals surface area contributed by atoms with Crippen LogP contribution in [0.3, 0.4) is 0 Å². The number of hydrogen-bond donors (Lipinski definition) is 1. The van der Waals surface area contributed by atoms with Crippen LogP contribution in [0.15, 0.2) is 42.6 Å². The number of nitrogens with one attached hydrogen (secondary N) is 1. The third kappa shape index (κ3) is 4.20. The highest BCUT2D eigenvalue weighted by atomic mass is 16.5. The Morgan fingerprint density at radius 1 is 1.27 bits per heavy atom. The zero-order valence-electron chi connectivity index (χ0n) is 15.1. The monoisotopic (exact) mass is 353 g/mol. The Bertz CT molecular complexity index is 806. The minimum atomic E-state index is -0.361. The van der Waals surface area contributed by atoms with Crippen LogP contribution in [0, 0.1) is 5.92 Å².